The summed E-state index contributed by atoms with van der Waals surface area (Å²) in [6, 6.07) is 1.85. The number of nitrogen functional groups attached to an aromatic ring is 1. The van der Waals surface area contributed by atoms with Crippen LogP contribution < -0.4 is 11.1 Å². The highest BCUT2D eigenvalue weighted by molar-refractivity contribution is 5.48. The van der Waals surface area contributed by atoms with Crippen LogP contribution in [0.3, 0.4) is 0 Å². The van der Waals surface area contributed by atoms with Crippen molar-refractivity contribution < 1.29 is 0 Å². The molecule has 0 bridgehead atoms. The van der Waals surface area contributed by atoms with Crippen LogP contribution >= 0.6 is 0 Å². The van der Waals surface area contributed by atoms with Crippen LogP contribution in [0.2, 0.25) is 0 Å². The molecule has 2 rings (SSSR count). The SMILES string of the molecule is CCCNc1nc2cc(C)nc(N)n2n1. The van der Waals surface area contributed by atoms with Gasteiger partial charge in [-0.25, -0.2) is 4.98 Å². The van der Waals surface area contributed by atoms with E-state index in [-0.39, 0.29) is 0 Å². The van der Waals surface area contributed by atoms with Gasteiger partial charge in [0, 0.05) is 18.3 Å². The summed E-state index contributed by atoms with van der Waals surface area (Å²) >= 11 is 0. The molecule has 6 nitrogen and oxygen atoms in total. The standard InChI is InChI=1S/C9H14N6/c1-3-4-11-9-13-7-5-6(2)12-8(10)15(7)14-9/h5H,3-4H2,1-2H3,(H2,10,12)(H,11,14). The predicted octanol–water partition coefficient (Wildman–Crippen LogP) is 0.837. The lowest BCUT2D eigenvalue weighted by molar-refractivity contribution is 0.909. The van der Waals surface area contributed by atoms with Crippen molar-refractivity contribution in [3.63, 3.8) is 0 Å². The lowest BCUT2D eigenvalue weighted by Crippen LogP contribution is -2.04. The van der Waals surface area contributed by atoms with Gasteiger partial charge in [-0.1, -0.05) is 6.92 Å². The minimum absolute atomic E-state index is 0.363. The highest BCUT2D eigenvalue weighted by atomic mass is 15.4. The Balaban J connectivity index is 2.41. The summed E-state index contributed by atoms with van der Waals surface area (Å²) in [4.78, 5) is 8.40. The first-order valence-corrected chi connectivity index (χ1v) is 4.94. The molecular weight excluding hydrogens is 192 g/mol. The number of nitrogens with one attached hydrogen (secondary N) is 1. The fraction of sp³-hybridized carbons (Fsp3) is 0.444. The van der Waals surface area contributed by atoms with E-state index >= 15 is 0 Å². The van der Waals surface area contributed by atoms with Crippen LogP contribution in [0.4, 0.5) is 11.9 Å². The predicted molar refractivity (Wildman–Crippen MR) is 58.7 cm³/mol. The first kappa shape index (κ1) is 9.70. The summed E-state index contributed by atoms with van der Waals surface area (Å²) in [5.41, 5.74) is 7.28. The normalized spacial score (nSPS) is 10.8. The van der Waals surface area contributed by atoms with Crippen molar-refractivity contribution in [3.05, 3.63) is 11.8 Å². The third-order valence-electron chi connectivity index (χ3n) is 2.01. The average Bonchev–Trinajstić information content (AvgIpc) is 2.57. The van der Waals surface area contributed by atoms with E-state index < -0.39 is 0 Å². The van der Waals surface area contributed by atoms with Crippen LogP contribution in [0.15, 0.2) is 6.07 Å². The molecule has 0 saturated heterocycles. The topological polar surface area (TPSA) is 81.1 Å². The number of aryl methyl sites for hydroxylation is 1. The average molecular weight is 206 g/mol. The molecule has 0 saturated carbocycles. The zero-order chi connectivity index (χ0) is 10.8. The molecule has 2 heterocycles. The van der Waals surface area contributed by atoms with E-state index in [1.165, 1.54) is 4.52 Å². The fourth-order valence-electron chi connectivity index (χ4n) is 1.35. The Bertz CT molecular complexity index is 475. The monoisotopic (exact) mass is 206 g/mol. The van der Waals surface area contributed by atoms with E-state index in [1.807, 2.05) is 13.0 Å². The van der Waals surface area contributed by atoms with Crippen molar-refractivity contribution in [3.8, 4) is 0 Å². The molecule has 0 amide bonds. The Hall–Kier alpha value is -1.85. The molecule has 15 heavy (non-hydrogen) atoms. The second-order valence-corrected chi connectivity index (χ2v) is 3.39. The second kappa shape index (κ2) is 3.72. The largest absolute Gasteiger partial charge is 0.368 e. The molecule has 0 aliphatic heterocycles. The minimum atomic E-state index is 0.363. The molecule has 0 unspecified atom stereocenters. The maximum Gasteiger partial charge on any atom is 0.243 e. The highest BCUT2D eigenvalue weighted by Crippen LogP contribution is 2.09. The summed E-state index contributed by atoms with van der Waals surface area (Å²) in [5, 5.41) is 7.30. The number of rotatable bonds is 3. The van der Waals surface area contributed by atoms with E-state index in [0.717, 1.165) is 24.3 Å². The van der Waals surface area contributed by atoms with Crippen molar-refractivity contribution in [2.75, 3.05) is 17.6 Å². The Morgan fingerprint density at radius 3 is 3.00 bits per heavy atom. The molecule has 6 heteroatoms. The third kappa shape index (κ3) is 1.83. The zero-order valence-electron chi connectivity index (χ0n) is 8.86. The van der Waals surface area contributed by atoms with Gasteiger partial charge in [0.15, 0.2) is 5.65 Å². The van der Waals surface area contributed by atoms with Crippen LogP contribution in [0.1, 0.15) is 19.0 Å². The van der Waals surface area contributed by atoms with Crippen molar-refractivity contribution in [2.45, 2.75) is 20.3 Å². The van der Waals surface area contributed by atoms with Gasteiger partial charge in [0.1, 0.15) is 0 Å². The number of nitrogens with zero attached hydrogens (tertiary/aromatic N) is 4. The van der Waals surface area contributed by atoms with Gasteiger partial charge in [-0.3, -0.25) is 0 Å². The van der Waals surface area contributed by atoms with Crippen LogP contribution in [-0.4, -0.2) is 26.1 Å². The van der Waals surface area contributed by atoms with Gasteiger partial charge in [-0.2, -0.15) is 9.50 Å². The molecule has 0 atom stereocenters. The van der Waals surface area contributed by atoms with Crippen LogP contribution in [0.5, 0.6) is 0 Å². The maximum atomic E-state index is 5.72. The highest BCUT2D eigenvalue weighted by Gasteiger charge is 2.06. The molecule has 0 fully saturated rings. The molecule has 3 N–H and O–H groups in total. The van der Waals surface area contributed by atoms with Gasteiger partial charge >= 0.3 is 0 Å². The lowest BCUT2D eigenvalue weighted by atomic mass is 10.4. The van der Waals surface area contributed by atoms with Crippen LogP contribution in [-0.2, 0) is 0 Å². The van der Waals surface area contributed by atoms with Crippen molar-refractivity contribution in [2.24, 2.45) is 0 Å². The summed E-state index contributed by atoms with van der Waals surface area (Å²) < 4.78 is 1.53. The zero-order valence-corrected chi connectivity index (χ0v) is 8.86. The third-order valence-corrected chi connectivity index (χ3v) is 2.01. The Morgan fingerprint density at radius 2 is 2.27 bits per heavy atom. The van der Waals surface area contributed by atoms with E-state index in [4.69, 9.17) is 5.73 Å². The van der Waals surface area contributed by atoms with E-state index in [1.54, 1.807) is 0 Å². The van der Waals surface area contributed by atoms with Gasteiger partial charge in [0.2, 0.25) is 11.9 Å². The number of aromatic nitrogens is 4. The molecular formula is C9H14N6. The molecule has 2 aromatic heterocycles. The van der Waals surface area contributed by atoms with Gasteiger partial charge in [0.25, 0.3) is 0 Å². The van der Waals surface area contributed by atoms with E-state index in [2.05, 4.69) is 27.3 Å². The second-order valence-electron chi connectivity index (χ2n) is 3.39. The van der Waals surface area contributed by atoms with E-state index in [9.17, 15) is 0 Å². The van der Waals surface area contributed by atoms with Gasteiger partial charge in [-0.05, 0) is 13.3 Å². The summed E-state index contributed by atoms with van der Waals surface area (Å²) in [7, 11) is 0. The Kier molecular flexibility index (Phi) is 2.40. The molecule has 0 radical (unpaired) electrons. The molecule has 0 aliphatic carbocycles. The molecule has 0 aliphatic rings. The summed E-state index contributed by atoms with van der Waals surface area (Å²) in [6.07, 6.45) is 1.03. The van der Waals surface area contributed by atoms with Crippen molar-refractivity contribution in [1.29, 1.82) is 0 Å². The molecule has 0 aromatic carbocycles. The number of hydrogen-bond acceptors (Lipinski definition) is 5. The Labute approximate surface area is 87.5 Å². The van der Waals surface area contributed by atoms with Crippen LogP contribution in [0.25, 0.3) is 5.65 Å². The molecule has 2 aromatic rings. The van der Waals surface area contributed by atoms with Crippen molar-refractivity contribution in [1.82, 2.24) is 19.6 Å². The van der Waals surface area contributed by atoms with Gasteiger partial charge in [0.05, 0.1) is 0 Å². The first-order chi connectivity index (χ1) is 7.20. The number of anilines is 2. The van der Waals surface area contributed by atoms with Gasteiger partial charge in [-0.15, -0.1) is 5.10 Å². The minimum Gasteiger partial charge on any atom is -0.368 e. The molecule has 0 spiro atoms. The smallest absolute Gasteiger partial charge is 0.243 e. The quantitative estimate of drug-likeness (QED) is 0.777. The first-order valence-electron chi connectivity index (χ1n) is 4.94. The van der Waals surface area contributed by atoms with Gasteiger partial charge < -0.3 is 11.1 Å². The maximum absolute atomic E-state index is 5.72. The number of fused-ring (bicyclic) bond motifs is 1. The lowest BCUT2D eigenvalue weighted by Gasteiger charge is -1.97. The molecule has 80 valence electrons. The van der Waals surface area contributed by atoms with Crippen LogP contribution in [0, 0.1) is 6.92 Å². The number of hydrogen-bond donors (Lipinski definition) is 2. The fourth-order valence-corrected chi connectivity index (χ4v) is 1.35. The Morgan fingerprint density at radius 1 is 1.47 bits per heavy atom. The van der Waals surface area contributed by atoms with E-state index in [0.29, 0.717) is 11.9 Å². The summed E-state index contributed by atoms with van der Waals surface area (Å²) in [6.45, 7) is 4.82. The summed E-state index contributed by atoms with van der Waals surface area (Å²) in [5.74, 6) is 0.956. The number of nitrogens with two attached hydrogens (primary N) is 1. The van der Waals surface area contributed by atoms with Crippen molar-refractivity contribution >= 4 is 17.5 Å².